The lowest BCUT2D eigenvalue weighted by Crippen LogP contribution is -2.13. The molecule has 1 aromatic carbocycles. The van der Waals surface area contributed by atoms with Gasteiger partial charge in [0.15, 0.2) is 0 Å². The molecule has 0 fully saturated rings. The summed E-state index contributed by atoms with van der Waals surface area (Å²) >= 11 is 0. The van der Waals surface area contributed by atoms with Gasteiger partial charge in [-0.25, -0.2) is 4.39 Å². The van der Waals surface area contributed by atoms with Gasteiger partial charge in [-0.05, 0) is 50.1 Å². The van der Waals surface area contributed by atoms with Crippen molar-refractivity contribution in [3.05, 3.63) is 52.1 Å². The molecule has 0 spiro atoms. The van der Waals surface area contributed by atoms with E-state index in [0.29, 0.717) is 12.1 Å². The first-order valence-electron chi connectivity index (χ1n) is 7.57. The topological polar surface area (TPSA) is 29.9 Å². The van der Waals surface area contributed by atoms with Gasteiger partial charge in [-0.1, -0.05) is 19.9 Å². The molecule has 1 N–H and O–H groups in total. The molecule has 4 heteroatoms. The van der Waals surface area contributed by atoms with E-state index in [0.717, 1.165) is 36.5 Å². The number of hydrogen-bond donors (Lipinski definition) is 1. The fraction of sp³-hybridized carbons (Fsp3) is 0.471. The normalized spacial score (nSPS) is 11.1. The van der Waals surface area contributed by atoms with E-state index in [1.807, 2.05) is 23.7 Å². The molecule has 0 radical (unpaired) electrons. The minimum absolute atomic E-state index is 0.166. The van der Waals surface area contributed by atoms with E-state index >= 15 is 0 Å². The Bertz CT molecular complexity index is 617. The molecule has 0 atom stereocenters. The molecule has 0 saturated heterocycles. The van der Waals surface area contributed by atoms with E-state index in [9.17, 15) is 4.39 Å². The Morgan fingerprint density at radius 2 is 2.00 bits per heavy atom. The number of aromatic nitrogens is 2. The summed E-state index contributed by atoms with van der Waals surface area (Å²) in [5, 5.41) is 7.81. The van der Waals surface area contributed by atoms with Crippen molar-refractivity contribution in [3.8, 4) is 0 Å². The van der Waals surface area contributed by atoms with E-state index < -0.39 is 0 Å². The van der Waals surface area contributed by atoms with Crippen LogP contribution < -0.4 is 5.32 Å². The summed E-state index contributed by atoms with van der Waals surface area (Å²) in [4.78, 5) is 0. The third-order valence-corrected chi connectivity index (χ3v) is 3.89. The summed E-state index contributed by atoms with van der Waals surface area (Å²) in [6.07, 6.45) is 0.959. The summed E-state index contributed by atoms with van der Waals surface area (Å²) in [6.45, 7) is 10.4. The van der Waals surface area contributed by atoms with Crippen LogP contribution in [-0.2, 0) is 19.5 Å². The van der Waals surface area contributed by atoms with Crippen molar-refractivity contribution in [1.29, 1.82) is 0 Å². The lowest BCUT2D eigenvalue weighted by Gasteiger charge is -2.09. The minimum atomic E-state index is -0.166. The smallest absolute Gasteiger partial charge is 0.128 e. The molecule has 2 aromatic rings. The number of benzene rings is 1. The summed E-state index contributed by atoms with van der Waals surface area (Å²) in [5.74, 6) is -0.166. The Labute approximate surface area is 126 Å². The molecule has 2 rings (SSSR count). The van der Waals surface area contributed by atoms with Gasteiger partial charge in [-0.2, -0.15) is 5.10 Å². The number of rotatable bonds is 6. The maximum atomic E-state index is 14.0. The van der Waals surface area contributed by atoms with Crippen LogP contribution in [0.4, 0.5) is 4.39 Å². The van der Waals surface area contributed by atoms with E-state index in [4.69, 9.17) is 0 Å². The van der Waals surface area contributed by atoms with Crippen LogP contribution in [0.15, 0.2) is 18.2 Å². The molecule has 0 aliphatic rings. The molecule has 1 aromatic heterocycles. The van der Waals surface area contributed by atoms with Crippen LogP contribution in [0.3, 0.4) is 0 Å². The van der Waals surface area contributed by atoms with Gasteiger partial charge in [-0.3, -0.25) is 4.68 Å². The average molecular weight is 289 g/mol. The molecule has 0 aliphatic heterocycles. The van der Waals surface area contributed by atoms with Crippen LogP contribution in [0.5, 0.6) is 0 Å². The number of nitrogens with one attached hydrogen (secondary N) is 1. The Kier molecular flexibility index (Phi) is 5.12. The van der Waals surface area contributed by atoms with Gasteiger partial charge in [0.2, 0.25) is 0 Å². The predicted octanol–water partition coefficient (Wildman–Crippen LogP) is 3.36. The van der Waals surface area contributed by atoms with Crippen molar-refractivity contribution in [2.24, 2.45) is 0 Å². The van der Waals surface area contributed by atoms with Gasteiger partial charge >= 0.3 is 0 Å². The van der Waals surface area contributed by atoms with Crippen molar-refractivity contribution in [3.63, 3.8) is 0 Å². The third kappa shape index (κ3) is 3.50. The number of hydrogen-bond acceptors (Lipinski definition) is 2. The van der Waals surface area contributed by atoms with Crippen molar-refractivity contribution >= 4 is 0 Å². The minimum Gasteiger partial charge on any atom is -0.313 e. The molecule has 1 heterocycles. The molecular formula is C17H24FN3. The Hall–Kier alpha value is -1.68. The number of aryl methyl sites for hydroxylation is 1. The maximum absolute atomic E-state index is 14.0. The molecule has 0 aliphatic carbocycles. The number of halogens is 1. The molecule has 114 valence electrons. The van der Waals surface area contributed by atoms with Gasteiger partial charge in [0.05, 0.1) is 12.2 Å². The highest BCUT2D eigenvalue weighted by Crippen LogP contribution is 2.17. The molecule has 0 unspecified atom stereocenters. The van der Waals surface area contributed by atoms with Gasteiger partial charge in [-0.15, -0.1) is 0 Å². The van der Waals surface area contributed by atoms with Crippen LogP contribution >= 0.6 is 0 Å². The zero-order valence-corrected chi connectivity index (χ0v) is 13.3. The summed E-state index contributed by atoms with van der Waals surface area (Å²) < 4.78 is 15.9. The molecule has 0 amide bonds. The second-order valence-electron chi connectivity index (χ2n) is 5.37. The Morgan fingerprint density at radius 3 is 2.62 bits per heavy atom. The quantitative estimate of drug-likeness (QED) is 0.883. The van der Waals surface area contributed by atoms with Crippen molar-refractivity contribution in [1.82, 2.24) is 15.1 Å². The second kappa shape index (κ2) is 6.85. The highest BCUT2D eigenvalue weighted by molar-refractivity contribution is 5.28. The fourth-order valence-corrected chi connectivity index (χ4v) is 2.69. The highest BCUT2D eigenvalue weighted by Gasteiger charge is 2.12. The second-order valence-corrected chi connectivity index (χ2v) is 5.37. The maximum Gasteiger partial charge on any atom is 0.128 e. The third-order valence-electron chi connectivity index (χ3n) is 3.89. The summed E-state index contributed by atoms with van der Waals surface area (Å²) in [7, 11) is 0. The lowest BCUT2D eigenvalue weighted by atomic mass is 10.1. The molecular weight excluding hydrogens is 265 g/mol. The van der Waals surface area contributed by atoms with E-state index in [1.165, 1.54) is 5.56 Å². The number of nitrogens with zero attached hydrogens (tertiary/aromatic N) is 2. The zero-order valence-electron chi connectivity index (χ0n) is 13.3. The Morgan fingerprint density at radius 1 is 1.24 bits per heavy atom. The van der Waals surface area contributed by atoms with E-state index in [-0.39, 0.29) is 5.82 Å². The highest BCUT2D eigenvalue weighted by atomic mass is 19.1. The fourth-order valence-electron chi connectivity index (χ4n) is 2.69. The monoisotopic (exact) mass is 289 g/mol. The molecule has 21 heavy (non-hydrogen) atoms. The van der Waals surface area contributed by atoms with E-state index in [1.54, 1.807) is 6.07 Å². The van der Waals surface area contributed by atoms with Crippen molar-refractivity contribution in [2.45, 2.75) is 47.2 Å². The first-order chi connectivity index (χ1) is 10.1. The van der Waals surface area contributed by atoms with Gasteiger partial charge in [0, 0.05) is 17.8 Å². The van der Waals surface area contributed by atoms with Gasteiger partial charge < -0.3 is 5.32 Å². The average Bonchev–Trinajstić information content (AvgIpc) is 2.73. The van der Waals surface area contributed by atoms with Gasteiger partial charge in [0.25, 0.3) is 0 Å². The first-order valence-corrected chi connectivity index (χ1v) is 7.57. The predicted molar refractivity (Wildman–Crippen MR) is 84.0 cm³/mol. The lowest BCUT2D eigenvalue weighted by molar-refractivity contribution is 0.576. The SMILES string of the molecule is CCNCc1ccc(F)c(Cn2nc(C)c(CC)c2C)c1. The van der Waals surface area contributed by atoms with Crippen molar-refractivity contribution < 1.29 is 4.39 Å². The summed E-state index contributed by atoms with van der Waals surface area (Å²) in [6, 6.07) is 5.31. The van der Waals surface area contributed by atoms with Crippen molar-refractivity contribution in [2.75, 3.05) is 6.54 Å². The van der Waals surface area contributed by atoms with Gasteiger partial charge in [0.1, 0.15) is 5.82 Å². The van der Waals surface area contributed by atoms with Crippen LogP contribution in [0.2, 0.25) is 0 Å². The van der Waals surface area contributed by atoms with Crippen LogP contribution in [0, 0.1) is 19.7 Å². The van der Waals surface area contributed by atoms with Crippen LogP contribution in [-0.4, -0.2) is 16.3 Å². The molecule has 3 nitrogen and oxygen atoms in total. The van der Waals surface area contributed by atoms with E-state index in [2.05, 4.69) is 31.2 Å². The zero-order chi connectivity index (χ0) is 15.4. The molecule has 0 saturated carbocycles. The van der Waals surface area contributed by atoms with Crippen LogP contribution in [0.25, 0.3) is 0 Å². The summed E-state index contributed by atoms with van der Waals surface area (Å²) in [5.41, 5.74) is 5.23. The van der Waals surface area contributed by atoms with Crippen LogP contribution in [0.1, 0.15) is 41.9 Å². The Balaban J connectivity index is 2.26. The standard InChI is InChI=1S/C17H24FN3/c1-5-16-12(3)20-21(13(16)4)11-15-9-14(10-19-6-2)7-8-17(15)18/h7-9,19H,5-6,10-11H2,1-4H3. The first kappa shape index (κ1) is 15.7. The largest absolute Gasteiger partial charge is 0.313 e. The molecule has 0 bridgehead atoms.